The molecule has 0 atom stereocenters. The summed E-state index contributed by atoms with van der Waals surface area (Å²) in [7, 11) is 0. The van der Waals surface area contributed by atoms with Gasteiger partial charge in [-0.15, -0.1) is 0 Å². The molecule has 0 aromatic heterocycles. The van der Waals surface area contributed by atoms with Crippen molar-refractivity contribution >= 4 is 11.8 Å². The van der Waals surface area contributed by atoms with E-state index in [0.29, 0.717) is 0 Å². The zero-order chi connectivity index (χ0) is 5.82. The second-order valence-corrected chi connectivity index (χ2v) is 3.69. The number of hydrogen-bond acceptors (Lipinski definition) is 1. The van der Waals surface area contributed by atoms with E-state index in [1.807, 2.05) is 11.8 Å². The zero-order valence-corrected chi connectivity index (χ0v) is 6.04. The van der Waals surface area contributed by atoms with Crippen molar-refractivity contribution < 1.29 is 0 Å². The van der Waals surface area contributed by atoms with E-state index in [2.05, 4.69) is 6.92 Å². The highest BCUT2D eigenvalue weighted by atomic mass is 32.2. The van der Waals surface area contributed by atoms with E-state index < -0.39 is 0 Å². The molecule has 0 amide bonds. The van der Waals surface area contributed by atoms with E-state index in [1.54, 1.807) is 0 Å². The Morgan fingerprint density at radius 1 is 1.38 bits per heavy atom. The Kier molecular flexibility index (Phi) is 2.74. The van der Waals surface area contributed by atoms with Gasteiger partial charge in [-0.25, -0.2) is 0 Å². The van der Waals surface area contributed by atoms with Crippen LogP contribution in [-0.2, 0) is 0 Å². The summed E-state index contributed by atoms with van der Waals surface area (Å²) in [6.07, 6.45) is 5.80. The topological polar surface area (TPSA) is 0 Å². The fraction of sp³-hybridized carbons (Fsp3) is 0.857. The summed E-state index contributed by atoms with van der Waals surface area (Å²) in [4.78, 5) is 0. The highest BCUT2D eigenvalue weighted by Gasteiger charge is 2.13. The summed E-state index contributed by atoms with van der Waals surface area (Å²) in [5.41, 5.74) is 0. The van der Waals surface area contributed by atoms with Crippen LogP contribution in [0, 0.1) is 6.92 Å². The predicted molar refractivity (Wildman–Crippen MR) is 40.1 cm³/mol. The van der Waals surface area contributed by atoms with Crippen LogP contribution in [0.5, 0.6) is 0 Å². The van der Waals surface area contributed by atoms with Gasteiger partial charge in [0.05, 0.1) is 0 Å². The van der Waals surface area contributed by atoms with Crippen LogP contribution in [0.1, 0.15) is 25.7 Å². The largest absolute Gasteiger partial charge is 0.159 e. The fourth-order valence-electron chi connectivity index (χ4n) is 1.22. The number of hydrogen-bond donors (Lipinski definition) is 0. The van der Waals surface area contributed by atoms with Crippen molar-refractivity contribution in [1.29, 1.82) is 0 Å². The molecule has 0 unspecified atom stereocenters. The van der Waals surface area contributed by atoms with E-state index in [-0.39, 0.29) is 0 Å². The standard InChI is InChI=1S/C7H13S/c1-2-8-7-5-3-4-6-7/h7H,1-6H2. The first-order chi connectivity index (χ1) is 3.93. The monoisotopic (exact) mass is 129 g/mol. The minimum Gasteiger partial charge on any atom is -0.159 e. The maximum Gasteiger partial charge on any atom is 0.00470 e. The van der Waals surface area contributed by atoms with Gasteiger partial charge in [-0.2, -0.15) is 11.8 Å². The third-order valence-electron chi connectivity index (χ3n) is 1.66. The van der Waals surface area contributed by atoms with Gasteiger partial charge in [0.15, 0.2) is 0 Å². The minimum atomic E-state index is 0.965. The molecular weight excluding hydrogens is 116 g/mol. The summed E-state index contributed by atoms with van der Waals surface area (Å²) < 4.78 is 0. The van der Waals surface area contributed by atoms with Gasteiger partial charge in [0.2, 0.25) is 0 Å². The quantitative estimate of drug-likeness (QED) is 0.552. The van der Waals surface area contributed by atoms with Gasteiger partial charge >= 0.3 is 0 Å². The van der Waals surface area contributed by atoms with E-state index in [9.17, 15) is 0 Å². The molecule has 1 radical (unpaired) electrons. The summed E-state index contributed by atoms with van der Waals surface area (Å²) in [6.45, 7) is 3.81. The molecule has 0 heterocycles. The van der Waals surface area contributed by atoms with Crippen LogP contribution in [-0.4, -0.2) is 11.0 Å². The molecule has 0 aromatic carbocycles. The molecule has 1 heteroatoms. The second-order valence-electron chi connectivity index (χ2n) is 2.28. The SMILES string of the molecule is [CH2]CSC1CCCC1. The van der Waals surface area contributed by atoms with Crippen molar-refractivity contribution in [3.05, 3.63) is 6.92 Å². The van der Waals surface area contributed by atoms with Crippen LogP contribution in [0.4, 0.5) is 0 Å². The normalized spacial score (nSPS) is 22.1. The molecule has 0 nitrogen and oxygen atoms in total. The van der Waals surface area contributed by atoms with Crippen LogP contribution in [0.25, 0.3) is 0 Å². The summed E-state index contributed by atoms with van der Waals surface area (Å²) in [6, 6.07) is 0. The van der Waals surface area contributed by atoms with Crippen molar-refractivity contribution in [2.75, 3.05) is 5.75 Å². The highest BCUT2D eigenvalue weighted by molar-refractivity contribution is 7.99. The van der Waals surface area contributed by atoms with Crippen LogP contribution in [0.3, 0.4) is 0 Å². The lowest BCUT2D eigenvalue weighted by Crippen LogP contribution is -1.92. The highest BCUT2D eigenvalue weighted by Crippen LogP contribution is 2.28. The molecular formula is C7H13S. The van der Waals surface area contributed by atoms with Crippen molar-refractivity contribution in [2.24, 2.45) is 0 Å². The van der Waals surface area contributed by atoms with Crippen molar-refractivity contribution in [3.63, 3.8) is 0 Å². The number of thioether (sulfide) groups is 1. The van der Waals surface area contributed by atoms with Gasteiger partial charge in [-0.1, -0.05) is 12.8 Å². The lowest BCUT2D eigenvalue weighted by atomic mass is 10.4. The molecule has 0 N–H and O–H groups in total. The van der Waals surface area contributed by atoms with E-state index in [0.717, 1.165) is 11.0 Å². The Hall–Kier alpha value is 0.350. The van der Waals surface area contributed by atoms with Gasteiger partial charge in [-0.05, 0) is 25.5 Å². The van der Waals surface area contributed by atoms with Gasteiger partial charge in [0.25, 0.3) is 0 Å². The average Bonchev–Trinajstić information content (AvgIpc) is 2.19. The van der Waals surface area contributed by atoms with E-state index in [4.69, 9.17) is 0 Å². The van der Waals surface area contributed by atoms with Gasteiger partial charge < -0.3 is 0 Å². The molecule has 47 valence electrons. The van der Waals surface area contributed by atoms with Crippen molar-refractivity contribution in [2.45, 2.75) is 30.9 Å². The molecule has 1 saturated carbocycles. The van der Waals surface area contributed by atoms with Crippen LogP contribution in [0.15, 0.2) is 0 Å². The Morgan fingerprint density at radius 3 is 2.50 bits per heavy atom. The molecule has 0 aliphatic heterocycles. The lowest BCUT2D eigenvalue weighted by molar-refractivity contribution is 0.886. The Labute approximate surface area is 56.0 Å². The summed E-state index contributed by atoms with van der Waals surface area (Å²) in [5.74, 6) is 1.06. The molecule has 0 spiro atoms. The predicted octanol–water partition coefficient (Wildman–Crippen LogP) is 2.50. The Balaban J connectivity index is 2.06. The van der Waals surface area contributed by atoms with Crippen LogP contribution < -0.4 is 0 Å². The van der Waals surface area contributed by atoms with Gasteiger partial charge in [-0.3, -0.25) is 0 Å². The Morgan fingerprint density at radius 2 is 2.00 bits per heavy atom. The van der Waals surface area contributed by atoms with Crippen molar-refractivity contribution in [1.82, 2.24) is 0 Å². The average molecular weight is 129 g/mol. The maximum absolute atomic E-state index is 3.81. The van der Waals surface area contributed by atoms with Gasteiger partial charge in [0, 0.05) is 5.25 Å². The first kappa shape index (κ1) is 6.47. The van der Waals surface area contributed by atoms with E-state index >= 15 is 0 Å². The Bertz CT molecular complexity index is 55.4. The molecule has 0 bridgehead atoms. The molecule has 8 heavy (non-hydrogen) atoms. The van der Waals surface area contributed by atoms with Gasteiger partial charge in [0.1, 0.15) is 0 Å². The lowest BCUT2D eigenvalue weighted by Gasteiger charge is -2.03. The van der Waals surface area contributed by atoms with E-state index in [1.165, 1.54) is 25.7 Å². The molecule has 0 saturated heterocycles. The smallest absolute Gasteiger partial charge is 0.00470 e. The summed E-state index contributed by atoms with van der Waals surface area (Å²) >= 11 is 2.03. The molecule has 1 aliphatic carbocycles. The minimum absolute atomic E-state index is 0.965. The fourth-order valence-corrected chi connectivity index (χ4v) is 2.22. The van der Waals surface area contributed by atoms with Crippen LogP contribution >= 0.6 is 11.8 Å². The third kappa shape index (κ3) is 1.70. The maximum atomic E-state index is 3.81. The van der Waals surface area contributed by atoms with Crippen molar-refractivity contribution in [3.8, 4) is 0 Å². The third-order valence-corrected chi connectivity index (χ3v) is 2.83. The molecule has 0 aromatic rings. The first-order valence-electron chi connectivity index (χ1n) is 3.34. The van der Waals surface area contributed by atoms with Crippen LogP contribution in [0.2, 0.25) is 0 Å². The second kappa shape index (κ2) is 3.39. The molecule has 1 rings (SSSR count). The first-order valence-corrected chi connectivity index (χ1v) is 4.39. The number of rotatable bonds is 2. The zero-order valence-electron chi connectivity index (χ0n) is 5.23. The molecule has 1 fully saturated rings. The molecule has 1 aliphatic rings. The summed E-state index contributed by atoms with van der Waals surface area (Å²) in [5, 5.41) is 0.965.